The van der Waals surface area contributed by atoms with Crippen LogP contribution in [0.2, 0.25) is 0 Å². The van der Waals surface area contributed by atoms with Gasteiger partial charge in [-0.15, -0.1) is 0 Å². The molecule has 0 fully saturated rings. The topological polar surface area (TPSA) is 78.4 Å². The van der Waals surface area contributed by atoms with E-state index in [2.05, 4.69) is 0 Å². The molecule has 0 bridgehead atoms. The number of rotatable bonds is 5. The molecule has 5 nitrogen and oxygen atoms in total. The van der Waals surface area contributed by atoms with Crippen molar-refractivity contribution < 1.29 is 9.66 Å². The predicted octanol–water partition coefficient (Wildman–Crippen LogP) is 2.77. The van der Waals surface area contributed by atoms with Crippen molar-refractivity contribution in [2.24, 2.45) is 5.73 Å². The molecule has 2 aromatic rings. The number of methoxy groups -OCH3 is 1. The van der Waals surface area contributed by atoms with E-state index in [0.29, 0.717) is 23.4 Å². The quantitative estimate of drug-likeness (QED) is 0.670. The summed E-state index contributed by atoms with van der Waals surface area (Å²) in [4.78, 5) is 10.8. The Morgan fingerprint density at radius 1 is 1.20 bits per heavy atom. The molecular formula is C15H16N2O3. The van der Waals surface area contributed by atoms with Gasteiger partial charge in [-0.05, 0) is 36.7 Å². The fraction of sp³-hybridized carbons (Fsp3) is 0.200. The van der Waals surface area contributed by atoms with Crippen LogP contribution in [0.1, 0.15) is 5.56 Å². The summed E-state index contributed by atoms with van der Waals surface area (Å²) in [5, 5.41) is 11.2. The highest BCUT2D eigenvalue weighted by atomic mass is 16.6. The van der Waals surface area contributed by atoms with E-state index in [4.69, 9.17) is 10.5 Å². The van der Waals surface area contributed by atoms with Crippen LogP contribution in [0.15, 0.2) is 42.5 Å². The lowest BCUT2D eigenvalue weighted by molar-refractivity contribution is -0.384. The van der Waals surface area contributed by atoms with Crippen LogP contribution in [0.3, 0.4) is 0 Å². The van der Waals surface area contributed by atoms with Gasteiger partial charge in [0.05, 0.1) is 17.6 Å². The minimum absolute atomic E-state index is 0.0655. The van der Waals surface area contributed by atoms with Crippen molar-refractivity contribution in [2.45, 2.75) is 6.42 Å². The maximum Gasteiger partial charge on any atom is 0.277 e. The lowest BCUT2D eigenvalue weighted by Gasteiger charge is -2.11. The van der Waals surface area contributed by atoms with Gasteiger partial charge in [0.15, 0.2) is 0 Å². The molecule has 0 radical (unpaired) electrons. The summed E-state index contributed by atoms with van der Waals surface area (Å²) in [6, 6.07) is 12.3. The summed E-state index contributed by atoms with van der Waals surface area (Å²) in [6.45, 7) is 0.530. The second-order valence-corrected chi connectivity index (χ2v) is 4.35. The third-order valence-corrected chi connectivity index (χ3v) is 3.09. The van der Waals surface area contributed by atoms with E-state index in [9.17, 15) is 10.1 Å². The smallest absolute Gasteiger partial charge is 0.277 e. The number of benzene rings is 2. The van der Waals surface area contributed by atoms with Crippen LogP contribution < -0.4 is 10.5 Å². The van der Waals surface area contributed by atoms with E-state index < -0.39 is 0 Å². The van der Waals surface area contributed by atoms with E-state index >= 15 is 0 Å². The van der Waals surface area contributed by atoms with Gasteiger partial charge >= 0.3 is 0 Å². The summed E-state index contributed by atoms with van der Waals surface area (Å²) in [7, 11) is 1.55. The van der Waals surface area contributed by atoms with Gasteiger partial charge in [0.2, 0.25) is 0 Å². The molecule has 0 aliphatic carbocycles. The molecule has 104 valence electrons. The Morgan fingerprint density at radius 2 is 1.95 bits per heavy atom. The molecule has 0 saturated heterocycles. The first-order valence-electron chi connectivity index (χ1n) is 6.28. The molecule has 0 amide bonds. The first-order chi connectivity index (χ1) is 9.67. The van der Waals surface area contributed by atoms with E-state index in [1.54, 1.807) is 25.3 Å². The van der Waals surface area contributed by atoms with Crippen molar-refractivity contribution in [1.82, 2.24) is 0 Å². The number of nitrogens with zero attached hydrogens (tertiary/aromatic N) is 1. The number of ether oxygens (including phenoxy) is 1. The van der Waals surface area contributed by atoms with Crippen LogP contribution >= 0.6 is 0 Å². The summed E-state index contributed by atoms with van der Waals surface area (Å²) in [6.07, 6.45) is 0.720. The van der Waals surface area contributed by atoms with Gasteiger partial charge in [0, 0.05) is 11.6 Å². The van der Waals surface area contributed by atoms with Gasteiger partial charge in [0.25, 0.3) is 5.69 Å². The Hall–Kier alpha value is -2.40. The summed E-state index contributed by atoms with van der Waals surface area (Å²) >= 11 is 0. The van der Waals surface area contributed by atoms with Crippen molar-refractivity contribution in [2.75, 3.05) is 13.7 Å². The Labute approximate surface area is 117 Å². The SMILES string of the molecule is COc1ccc(CCN)cc1-c1ccccc1[N+](=O)[O-]. The van der Waals surface area contributed by atoms with Crippen LogP contribution in [-0.4, -0.2) is 18.6 Å². The van der Waals surface area contributed by atoms with Gasteiger partial charge in [-0.25, -0.2) is 0 Å². The average molecular weight is 272 g/mol. The molecule has 0 atom stereocenters. The second kappa shape index (κ2) is 6.16. The van der Waals surface area contributed by atoms with Gasteiger partial charge in [-0.1, -0.05) is 18.2 Å². The zero-order chi connectivity index (χ0) is 14.5. The van der Waals surface area contributed by atoms with Crippen LogP contribution in [0.5, 0.6) is 5.75 Å². The molecule has 2 N–H and O–H groups in total. The molecular weight excluding hydrogens is 256 g/mol. The van der Waals surface area contributed by atoms with Gasteiger partial charge in [0.1, 0.15) is 5.75 Å². The highest BCUT2D eigenvalue weighted by molar-refractivity contribution is 5.78. The van der Waals surface area contributed by atoms with Gasteiger partial charge in [-0.2, -0.15) is 0 Å². The summed E-state index contributed by atoms with van der Waals surface area (Å²) in [5.41, 5.74) is 7.92. The summed E-state index contributed by atoms with van der Waals surface area (Å²) < 4.78 is 5.31. The fourth-order valence-electron chi connectivity index (χ4n) is 2.15. The largest absolute Gasteiger partial charge is 0.496 e. The Bertz CT molecular complexity index is 626. The van der Waals surface area contributed by atoms with E-state index in [0.717, 1.165) is 12.0 Å². The van der Waals surface area contributed by atoms with E-state index in [1.807, 2.05) is 18.2 Å². The standard InChI is InChI=1S/C15H16N2O3/c1-20-15-7-6-11(8-9-16)10-13(15)12-4-2-3-5-14(12)17(18)19/h2-7,10H,8-9,16H2,1H3. The summed E-state index contributed by atoms with van der Waals surface area (Å²) in [5.74, 6) is 0.611. The van der Waals surface area contributed by atoms with Gasteiger partial charge < -0.3 is 10.5 Å². The molecule has 0 aromatic heterocycles. The third-order valence-electron chi connectivity index (χ3n) is 3.09. The van der Waals surface area contributed by atoms with Crippen LogP contribution in [0.25, 0.3) is 11.1 Å². The molecule has 0 spiro atoms. The predicted molar refractivity (Wildman–Crippen MR) is 77.8 cm³/mol. The Kier molecular flexibility index (Phi) is 4.32. The van der Waals surface area contributed by atoms with E-state index in [-0.39, 0.29) is 10.6 Å². The minimum atomic E-state index is -0.385. The highest BCUT2D eigenvalue weighted by Crippen LogP contribution is 2.36. The third kappa shape index (κ3) is 2.78. The Morgan fingerprint density at radius 3 is 2.60 bits per heavy atom. The maximum atomic E-state index is 11.2. The van der Waals surface area contributed by atoms with Gasteiger partial charge in [-0.3, -0.25) is 10.1 Å². The monoisotopic (exact) mass is 272 g/mol. The molecule has 0 heterocycles. The van der Waals surface area contributed by atoms with Crippen molar-refractivity contribution in [3.05, 3.63) is 58.1 Å². The van der Waals surface area contributed by atoms with E-state index in [1.165, 1.54) is 6.07 Å². The van der Waals surface area contributed by atoms with Crippen molar-refractivity contribution in [1.29, 1.82) is 0 Å². The molecule has 0 aliphatic rings. The molecule has 5 heteroatoms. The number of nitro groups is 1. The van der Waals surface area contributed by atoms with Crippen molar-refractivity contribution in [3.63, 3.8) is 0 Å². The normalized spacial score (nSPS) is 10.3. The molecule has 20 heavy (non-hydrogen) atoms. The zero-order valence-electron chi connectivity index (χ0n) is 11.2. The number of para-hydroxylation sites is 1. The lowest BCUT2D eigenvalue weighted by Crippen LogP contribution is -2.03. The number of hydrogen-bond donors (Lipinski definition) is 1. The Balaban J connectivity index is 2.61. The van der Waals surface area contributed by atoms with Crippen LogP contribution in [0.4, 0.5) is 5.69 Å². The molecule has 0 aliphatic heterocycles. The minimum Gasteiger partial charge on any atom is -0.496 e. The first kappa shape index (κ1) is 14.0. The zero-order valence-corrected chi connectivity index (χ0v) is 11.2. The number of hydrogen-bond acceptors (Lipinski definition) is 4. The molecule has 2 rings (SSSR count). The molecule has 2 aromatic carbocycles. The van der Waals surface area contributed by atoms with Crippen molar-refractivity contribution in [3.8, 4) is 16.9 Å². The van der Waals surface area contributed by atoms with Crippen LogP contribution in [0, 0.1) is 10.1 Å². The fourth-order valence-corrected chi connectivity index (χ4v) is 2.15. The second-order valence-electron chi connectivity index (χ2n) is 4.35. The van der Waals surface area contributed by atoms with Crippen molar-refractivity contribution >= 4 is 5.69 Å². The lowest BCUT2D eigenvalue weighted by atomic mass is 9.99. The number of nitrogens with two attached hydrogens (primary N) is 1. The highest BCUT2D eigenvalue weighted by Gasteiger charge is 2.17. The van der Waals surface area contributed by atoms with Crippen LogP contribution in [-0.2, 0) is 6.42 Å². The maximum absolute atomic E-state index is 11.2. The molecule has 0 unspecified atom stereocenters. The first-order valence-corrected chi connectivity index (χ1v) is 6.28. The molecule has 0 saturated carbocycles. The average Bonchev–Trinajstić information content (AvgIpc) is 2.47. The number of nitro benzene ring substituents is 1.